The van der Waals surface area contributed by atoms with Crippen LogP contribution in [0.3, 0.4) is 0 Å². The molecule has 5 nitrogen and oxygen atoms in total. The van der Waals surface area contributed by atoms with Crippen molar-refractivity contribution >= 4 is 0 Å². The molecule has 0 bridgehead atoms. The minimum absolute atomic E-state index is 0.840. The summed E-state index contributed by atoms with van der Waals surface area (Å²) in [6.07, 6.45) is 31.2. The predicted octanol–water partition coefficient (Wildman–Crippen LogP) is 10.2. The molecule has 0 radical (unpaired) electrons. The largest absolute Gasteiger partial charge is 0.338 e. The standard InChI is InChI=1S/C9H14N2.C9H19N.C8H10.C8H16.C5H8N2/c1-2-8-7-10-9-5-3-4-6-11(8)9;1-2-10-9-7-5-3-4-6-8-9;1-2-8-6-4-3-5-7-8;1-2-5-8-6-3-4-7-8;1-2-7-4-3-6-5-7/h7H,2-6H2,1H3;9-10H,2-8H2,1H3;3-7H,2H2,1H3;8H,2-7H2,1H3;3-5H,2H2,1H3. The van der Waals surface area contributed by atoms with Gasteiger partial charge in [-0.15, -0.1) is 0 Å². The number of aromatic nitrogens is 4. The Morgan fingerprint density at radius 2 is 1.50 bits per heavy atom. The number of benzene rings is 1. The number of fused-ring (bicyclic) bond motifs is 1. The summed E-state index contributed by atoms with van der Waals surface area (Å²) in [4.78, 5) is 8.25. The monoisotopic (exact) mass is 606 g/mol. The maximum Gasteiger partial charge on any atom is 0.108 e. The van der Waals surface area contributed by atoms with E-state index in [1.54, 1.807) is 12.5 Å². The number of imidazole rings is 2. The van der Waals surface area contributed by atoms with Crippen LogP contribution in [-0.4, -0.2) is 31.7 Å². The fraction of sp³-hybridized carbons (Fsp3) is 0.692. The highest BCUT2D eigenvalue weighted by atomic mass is 15.1. The number of rotatable bonds is 7. The van der Waals surface area contributed by atoms with E-state index in [1.807, 2.05) is 23.0 Å². The Kier molecular flexibility index (Phi) is 21.4. The first-order chi connectivity index (χ1) is 21.6. The van der Waals surface area contributed by atoms with Crippen molar-refractivity contribution in [2.75, 3.05) is 6.54 Å². The van der Waals surface area contributed by atoms with Crippen LogP contribution in [0.15, 0.2) is 55.2 Å². The summed E-state index contributed by atoms with van der Waals surface area (Å²) in [6.45, 7) is 14.3. The normalized spacial score (nSPS) is 16.4. The van der Waals surface area contributed by atoms with Crippen molar-refractivity contribution in [2.45, 2.75) is 163 Å². The molecule has 2 aromatic heterocycles. The molecular weight excluding hydrogens is 538 g/mol. The van der Waals surface area contributed by atoms with Gasteiger partial charge in [0.15, 0.2) is 0 Å². The minimum atomic E-state index is 0.840. The fourth-order valence-electron chi connectivity index (χ4n) is 6.43. The highest BCUT2D eigenvalue weighted by Crippen LogP contribution is 2.28. The average Bonchev–Trinajstić information content (AvgIpc) is 3.84. The first-order valence-corrected chi connectivity index (χ1v) is 18.4. The van der Waals surface area contributed by atoms with E-state index in [2.05, 4.69) is 78.7 Å². The third kappa shape index (κ3) is 16.1. The molecule has 1 aliphatic heterocycles. The number of hydrogen-bond acceptors (Lipinski definition) is 3. The fourth-order valence-corrected chi connectivity index (χ4v) is 6.43. The molecule has 5 heteroatoms. The summed E-state index contributed by atoms with van der Waals surface area (Å²) in [5, 5.41) is 3.52. The van der Waals surface area contributed by atoms with Gasteiger partial charge in [-0.3, -0.25) is 0 Å². The van der Waals surface area contributed by atoms with Crippen molar-refractivity contribution in [3.8, 4) is 0 Å². The number of aryl methyl sites for hydroxylation is 4. The van der Waals surface area contributed by atoms with Gasteiger partial charge in [-0.2, -0.15) is 0 Å². The Hall–Kier alpha value is -2.40. The van der Waals surface area contributed by atoms with Crippen LogP contribution in [0.1, 0.15) is 142 Å². The Morgan fingerprint density at radius 1 is 0.795 bits per heavy atom. The highest BCUT2D eigenvalue weighted by Gasteiger charge is 2.13. The molecule has 0 amide bonds. The predicted molar refractivity (Wildman–Crippen MR) is 190 cm³/mol. The van der Waals surface area contributed by atoms with Crippen LogP contribution in [0.2, 0.25) is 0 Å². The summed E-state index contributed by atoms with van der Waals surface area (Å²) in [5.41, 5.74) is 2.81. The second kappa shape index (κ2) is 24.9. The van der Waals surface area contributed by atoms with Crippen LogP contribution in [0.25, 0.3) is 0 Å². The SMILES string of the molecule is CCCC1CCCC1.CCNC1CCCCCC1.CCc1ccccc1.CCc1cnc2n1CCCC2.CCn1ccnc1. The van der Waals surface area contributed by atoms with Gasteiger partial charge in [0.2, 0.25) is 0 Å². The van der Waals surface area contributed by atoms with Gasteiger partial charge in [0.1, 0.15) is 5.82 Å². The summed E-state index contributed by atoms with van der Waals surface area (Å²) in [6, 6.07) is 11.3. The van der Waals surface area contributed by atoms with E-state index in [4.69, 9.17) is 0 Å². The number of hydrogen-bond donors (Lipinski definition) is 1. The first kappa shape index (κ1) is 37.8. The van der Waals surface area contributed by atoms with E-state index >= 15 is 0 Å². The van der Waals surface area contributed by atoms with Gasteiger partial charge in [-0.25, -0.2) is 9.97 Å². The second-order valence-corrected chi connectivity index (χ2v) is 12.5. The molecule has 0 atom stereocenters. The van der Waals surface area contributed by atoms with Crippen molar-refractivity contribution < 1.29 is 0 Å². The summed E-state index contributed by atoms with van der Waals surface area (Å²) >= 11 is 0. The van der Waals surface area contributed by atoms with E-state index < -0.39 is 0 Å². The Balaban J connectivity index is 0.000000194. The second-order valence-electron chi connectivity index (χ2n) is 12.5. The molecular formula is C39H67N5. The molecule has 3 aromatic rings. The van der Waals surface area contributed by atoms with Gasteiger partial charge in [-0.1, -0.05) is 122 Å². The lowest BCUT2D eigenvalue weighted by Crippen LogP contribution is -2.27. The molecule has 2 aliphatic carbocycles. The van der Waals surface area contributed by atoms with Crippen molar-refractivity contribution in [3.05, 3.63) is 72.3 Å². The van der Waals surface area contributed by atoms with E-state index in [-0.39, 0.29) is 0 Å². The van der Waals surface area contributed by atoms with E-state index in [0.29, 0.717) is 0 Å². The Morgan fingerprint density at radius 3 is 2.02 bits per heavy atom. The van der Waals surface area contributed by atoms with E-state index in [0.717, 1.165) is 37.9 Å². The summed E-state index contributed by atoms with van der Waals surface area (Å²) < 4.78 is 4.39. The lowest BCUT2D eigenvalue weighted by atomic mass is 10.0. The van der Waals surface area contributed by atoms with Crippen molar-refractivity contribution in [1.29, 1.82) is 0 Å². The quantitative estimate of drug-likeness (QED) is 0.273. The average molecular weight is 606 g/mol. The first-order valence-electron chi connectivity index (χ1n) is 18.4. The molecule has 1 N–H and O–H groups in total. The van der Waals surface area contributed by atoms with Gasteiger partial charge in [0, 0.05) is 49.8 Å². The van der Waals surface area contributed by atoms with Gasteiger partial charge in [-0.05, 0) is 63.5 Å². The Labute approximate surface area is 271 Å². The molecule has 3 heterocycles. The lowest BCUT2D eigenvalue weighted by Gasteiger charge is -2.15. The molecule has 0 unspecified atom stereocenters. The molecule has 2 saturated carbocycles. The molecule has 248 valence electrons. The van der Waals surface area contributed by atoms with Crippen molar-refractivity contribution in [1.82, 2.24) is 24.4 Å². The topological polar surface area (TPSA) is 47.7 Å². The number of nitrogens with one attached hydrogen (secondary N) is 1. The van der Waals surface area contributed by atoms with E-state index in [9.17, 15) is 0 Å². The molecule has 3 aliphatic rings. The van der Waals surface area contributed by atoms with Crippen LogP contribution in [0.5, 0.6) is 0 Å². The molecule has 0 spiro atoms. The molecule has 1 aromatic carbocycles. The van der Waals surface area contributed by atoms with Gasteiger partial charge < -0.3 is 14.5 Å². The zero-order valence-electron chi connectivity index (χ0n) is 29.3. The maximum atomic E-state index is 4.39. The van der Waals surface area contributed by atoms with Crippen LogP contribution < -0.4 is 5.32 Å². The summed E-state index contributed by atoms with van der Waals surface area (Å²) in [5.74, 6) is 2.41. The van der Waals surface area contributed by atoms with Crippen LogP contribution in [-0.2, 0) is 32.4 Å². The number of nitrogens with zero attached hydrogens (tertiary/aromatic N) is 4. The van der Waals surface area contributed by atoms with Gasteiger partial charge in [0.25, 0.3) is 0 Å². The third-order valence-corrected chi connectivity index (χ3v) is 9.11. The molecule has 0 saturated heterocycles. The zero-order chi connectivity index (χ0) is 31.7. The highest BCUT2D eigenvalue weighted by molar-refractivity contribution is 5.13. The van der Waals surface area contributed by atoms with Crippen molar-refractivity contribution in [2.24, 2.45) is 5.92 Å². The van der Waals surface area contributed by atoms with E-state index in [1.165, 1.54) is 120 Å². The summed E-state index contributed by atoms with van der Waals surface area (Å²) in [7, 11) is 0. The van der Waals surface area contributed by atoms with Crippen LogP contribution in [0, 0.1) is 5.92 Å². The lowest BCUT2D eigenvalue weighted by molar-refractivity contribution is 0.472. The molecule has 2 fully saturated rings. The smallest absolute Gasteiger partial charge is 0.108 e. The minimum Gasteiger partial charge on any atom is -0.338 e. The maximum absolute atomic E-state index is 4.39. The zero-order valence-corrected chi connectivity index (χ0v) is 29.3. The van der Waals surface area contributed by atoms with Crippen LogP contribution >= 0.6 is 0 Å². The van der Waals surface area contributed by atoms with Crippen molar-refractivity contribution in [3.63, 3.8) is 0 Å². The van der Waals surface area contributed by atoms with Gasteiger partial charge in [0.05, 0.1) is 6.33 Å². The Bertz CT molecular complexity index is 999. The third-order valence-electron chi connectivity index (χ3n) is 9.11. The molecule has 6 rings (SSSR count). The van der Waals surface area contributed by atoms with Crippen LogP contribution in [0.4, 0.5) is 0 Å². The molecule has 44 heavy (non-hydrogen) atoms. The van der Waals surface area contributed by atoms with Gasteiger partial charge >= 0.3 is 0 Å².